The van der Waals surface area contributed by atoms with Crippen LogP contribution in [-0.4, -0.2) is 45.2 Å². The van der Waals surface area contributed by atoms with Gasteiger partial charge in [0, 0.05) is 54.6 Å². The molecule has 1 amide bonds. The average molecular weight is 407 g/mol. The summed E-state index contributed by atoms with van der Waals surface area (Å²) >= 11 is 1.41. The number of thiophene rings is 1. The summed E-state index contributed by atoms with van der Waals surface area (Å²) < 4.78 is 7.14. The van der Waals surface area contributed by atoms with Crippen molar-refractivity contribution in [3.8, 4) is 22.3 Å². The maximum atomic E-state index is 12.3. The molecule has 0 saturated heterocycles. The number of aromatic nitrogens is 4. The smallest absolute Gasteiger partial charge is 0.261 e. The number of hydrogen-bond acceptors (Lipinski definition) is 6. The lowest BCUT2D eigenvalue weighted by Gasteiger charge is -2.04. The SMILES string of the molecule is CCCOCCNC(=O)c1cc(-c2cnn3cc(-c4cccnc4)cnc23)cs1. The Morgan fingerprint density at radius 1 is 1.21 bits per heavy atom. The highest BCUT2D eigenvalue weighted by molar-refractivity contribution is 7.12. The zero-order valence-electron chi connectivity index (χ0n) is 16.0. The van der Waals surface area contributed by atoms with E-state index in [4.69, 9.17) is 4.74 Å². The van der Waals surface area contributed by atoms with Gasteiger partial charge in [0.2, 0.25) is 0 Å². The molecule has 0 bridgehead atoms. The molecule has 0 spiro atoms. The van der Waals surface area contributed by atoms with E-state index in [1.807, 2.05) is 36.0 Å². The Hall–Kier alpha value is -3.10. The molecule has 8 heteroatoms. The normalized spacial score (nSPS) is 11.1. The fourth-order valence-electron chi connectivity index (χ4n) is 2.93. The van der Waals surface area contributed by atoms with Gasteiger partial charge in [-0.05, 0) is 29.5 Å². The van der Waals surface area contributed by atoms with Crippen LogP contribution in [0.4, 0.5) is 0 Å². The standard InChI is InChI=1S/C21H21N5O2S/c1-2-7-28-8-6-23-21(27)19-9-16(14-29-19)18-12-25-26-13-17(11-24-20(18)26)15-4-3-5-22-10-15/h3-5,9-14H,2,6-8H2,1H3,(H,23,27). The summed E-state index contributed by atoms with van der Waals surface area (Å²) in [6.07, 6.45) is 10.0. The molecule has 0 atom stereocenters. The summed E-state index contributed by atoms with van der Waals surface area (Å²) in [5.74, 6) is -0.0929. The topological polar surface area (TPSA) is 81.4 Å². The van der Waals surface area contributed by atoms with E-state index in [2.05, 4.69) is 27.3 Å². The van der Waals surface area contributed by atoms with Gasteiger partial charge < -0.3 is 10.1 Å². The number of carbonyl (C=O) groups excluding carboxylic acids is 1. The van der Waals surface area contributed by atoms with E-state index in [-0.39, 0.29) is 5.91 Å². The molecule has 0 saturated carbocycles. The number of rotatable bonds is 8. The Kier molecular flexibility index (Phi) is 5.92. The third-order valence-electron chi connectivity index (χ3n) is 4.37. The molecule has 0 unspecified atom stereocenters. The Morgan fingerprint density at radius 3 is 2.97 bits per heavy atom. The van der Waals surface area contributed by atoms with Crippen LogP contribution in [-0.2, 0) is 4.74 Å². The van der Waals surface area contributed by atoms with Crippen LogP contribution in [0.5, 0.6) is 0 Å². The molecule has 1 N–H and O–H groups in total. The molecule has 0 aliphatic rings. The van der Waals surface area contributed by atoms with Crippen molar-refractivity contribution in [3.63, 3.8) is 0 Å². The largest absolute Gasteiger partial charge is 0.380 e. The van der Waals surface area contributed by atoms with E-state index < -0.39 is 0 Å². The van der Waals surface area contributed by atoms with E-state index in [0.29, 0.717) is 24.6 Å². The first kappa shape index (κ1) is 19.2. The maximum absolute atomic E-state index is 12.3. The minimum absolute atomic E-state index is 0.0929. The van der Waals surface area contributed by atoms with Gasteiger partial charge in [0.05, 0.1) is 17.7 Å². The lowest BCUT2D eigenvalue weighted by atomic mass is 10.1. The third-order valence-corrected chi connectivity index (χ3v) is 5.29. The molecule has 7 nitrogen and oxygen atoms in total. The minimum atomic E-state index is -0.0929. The zero-order valence-corrected chi connectivity index (χ0v) is 16.9. The maximum Gasteiger partial charge on any atom is 0.261 e. The van der Waals surface area contributed by atoms with Crippen molar-refractivity contribution in [2.45, 2.75) is 13.3 Å². The molecule has 0 aliphatic heterocycles. The van der Waals surface area contributed by atoms with Crippen molar-refractivity contribution in [1.82, 2.24) is 24.9 Å². The summed E-state index contributed by atoms with van der Waals surface area (Å²) in [5, 5.41) is 9.27. The molecule has 29 heavy (non-hydrogen) atoms. The monoisotopic (exact) mass is 407 g/mol. The second-order valence-corrected chi connectivity index (χ2v) is 7.39. The molecule has 0 fully saturated rings. The molecule has 4 aromatic rings. The van der Waals surface area contributed by atoms with Gasteiger partial charge >= 0.3 is 0 Å². The number of ether oxygens (including phenoxy) is 1. The lowest BCUT2D eigenvalue weighted by molar-refractivity contribution is 0.0919. The van der Waals surface area contributed by atoms with Crippen LogP contribution in [0, 0.1) is 0 Å². The van der Waals surface area contributed by atoms with Crippen LogP contribution >= 0.6 is 11.3 Å². The number of nitrogens with zero attached hydrogens (tertiary/aromatic N) is 4. The summed E-state index contributed by atoms with van der Waals surface area (Å²) in [6, 6.07) is 5.75. The minimum Gasteiger partial charge on any atom is -0.380 e. The highest BCUT2D eigenvalue weighted by atomic mass is 32.1. The summed E-state index contributed by atoms with van der Waals surface area (Å²) in [5.41, 5.74) is 4.49. The molecule has 148 valence electrons. The van der Waals surface area contributed by atoms with Gasteiger partial charge in [-0.15, -0.1) is 11.3 Å². The fraction of sp³-hybridized carbons (Fsp3) is 0.238. The van der Waals surface area contributed by atoms with Crippen molar-refractivity contribution >= 4 is 22.9 Å². The van der Waals surface area contributed by atoms with Gasteiger partial charge in [-0.25, -0.2) is 9.50 Å². The Bertz CT molecular complexity index is 1110. The van der Waals surface area contributed by atoms with Crippen molar-refractivity contribution in [1.29, 1.82) is 0 Å². The summed E-state index contributed by atoms with van der Waals surface area (Å²) in [6.45, 7) is 3.79. The Morgan fingerprint density at radius 2 is 2.14 bits per heavy atom. The zero-order chi connectivity index (χ0) is 20.1. The first-order chi connectivity index (χ1) is 14.3. The van der Waals surface area contributed by atoms with Gasteiger partial charge in [-0.1, -0.05) is 13.0 Å². The second-order valence-electron chi connectivity index (χ2n) is 6.48. The fourth-order valence-corrected chi connectivity index (χ4v) is 3.75. The Labute approximate surface area is 172 Å². The summed E-state index contributed by atoms with van der Waals surface area (Å²) in [4.78, 5) is 21.7. The number of pyridine rings is 1. The summed E-state index contributed by atoms with van der Waals surface area (Å²) in [7, 11) is 0. The molecule has 0 aliphatic carbocycles. The number of amides is 1. The lowest BCUT2D eigenvalue weighted by Crippen LogP contribution is -2.26. The van der Waals surface area contributed by atoms with Gasteiger partial charge in [0.25, 0.3) is 5.91 Å². The van der Waals surface area contributed by atoms with Gasteiger partial charge in [0.15, 0.2) is 5.65 Å². The van der Waals surface area contributed by atoms with E-state index in [1.54, 1.807) is 23.1 Å². The highest BCUT2D eigenvalue weighted by Crippen LogP contribution is 2.29. The molecular formula is C21H21N5O2S. The van der Waals surface area contributed by atoms with Crippen LogP contribution in [0.3, 0.4) is 0 Å². The second kappa shape index (κ2) is 8.93. The average Bonchev–Trinajstić information content (AvgIpc) is 3.40. The number of hydrogen-bond donors (Lipinski definition) is 1. The van der Waals surface area contributed by atoms with Gasteiger partial charge in [-0.2, -0.15) is 5.10 Å². The van der Waals surface area contributed by atoms with Crippen LogP contribution in [0.25, 0.3) is 27.9 Å². The number of nitrogens with one attached hydrogen (secondary N) is 1. The van der Waals surface area contributed by atoms with Crippen LogP contribution in [0.1, 0.15) is 23.0 Å². The van der Waals surface area contributed by atoms with E-state index in [1.165, 1.54) is 11.3 Å². The van der Waals surface area contributed by atoms with E-state index in [0.717, 1.165) is 34.3 Å². The molecule has 4 rings (SSSR count). The predicted molar refractivity (Wildman–Crippen MR) is 113 cm³/mol. The highest BCUT2D eigenvalue weighted by Gasteiger charge is 2.14. The number of carbonyl (C=O) groups is 1. The van der Waals surface area contributed by atoms with E-state index >= 15 is 0 Å². The quantitative estimate of drug-likeness (QED) is 0.451. The predicted octanol–water partition coefficient (Wildman–Crippen LogP) is 3.68. The molecule has 4 aromatic heterocycles. The van der Waals surface area contributed by atoms with Gasteiger partial charge in [0.1, 0.15) is 0 Å². The van der Waals surface area contributed by atoms with Crippen molar-refractivity contribution in [3.05, 3.63) is 59.4 Å². The Balaban J connectivity index is 1.50. The van der Waals surface area contributed by atoms with Gasteiger partial charge in [-0.3, -0.25) is 9.78 Å². The van der Waals surface area contributed by atoms with Crippen molar-refractivity contribution < 1.29 is 9.53 Å². The first-order valence-corrected chi connectivity index (χ1v) is 10.3. The third kappa shape index (κ3) is 4.33. The molecule has 0 aromatic carbocycles. The van der Waals surface area contributed by atoms with Crippen molar-refractivity contribution in [2.75, 3.05) is 19.8 Å². The molecular weight excluding hydrogens is 386 g/mol. The van der Waals surface area contributed by atoms with Crippen LogP contribution in [0.15, 0.2) is 54.6 Å². The molecule has 0 radical (unpaired) electrons. The van der Waals surface area contributed by atoms with Crippen molar-refractivity contribution in [2.24, 2.45) is 0 Å². The number of fused-ring (bicyclic) bond motifs is 1. The molecule has 4 heterocycles. The van der Waals surface area contributed by atoms with E-state index in [9.17, 15) is 4.79 Å². The van der Waals surface area contributed by atoms with Crippen LogP contribution in [0.2, 0.25) is 0 Å². The first-order valence-electron chi connectivity index (χ1n) is 9.45. The van der Waals surface area contributed by atoms with Crippen LogP contribution < -0.4 is 5.32 Å².